The van der Waals surface area contributed by atoms with Crippen molar-refractivity contribution >= 4 is 6.03 Å². The van der Waals surface area contributed by atoms with Gasteiger partial charge in [-0.3, -0.25) is 0 Å². The Morgan fingerprint density at radius 2 is 1.68 bits per heavy atom. The molecule has 0 heterocycles. The maximum Gasteiger partial charge on any atom is 0.314 e. The molecule has 3 unspecified atom stereocenters. The summed E-state index contributed by atoms with van der Waals surface area (Å²) in [6.45, 7) is 6.03. The predicted molar refractivity (Wildman–Crippen MR) is 151 cm³/mol. The number of phenolic OH excluding ortho intramolecular Hbond substituents is 1. The fraction of sp³-hybridized carbons (Fsp3) is 0.781. The van der Waals surface area contributed by atoms with Gasteiger partial charge in [-0.2, -0.15) is 0 Å². The summed E-state index contributed by atoms with van der Waals surface area (Å²) in [5.74, 6) is 2.99. The molecule has 208 valence electrons. The van der Waals surface area contributed by atoms with E-state index in [1.165, 1.54) is 68.9 Å². The number of nitrogens with one attached hydrogen (secondary N) is 2. The largest absolute Gasteiger partial charge is 0.508 e. The first-order valence-electron chi connectivity index (χ1n) is 15.5. The van der Waals surface area contributed by atoms with Crippen molar-refractivity contribution in [3.05, 3.63) is 29.3 Å². The first kappa shape index (κ1) is 28.3. The van der Waals surface area contributed by atoms with Gasteiger partial charge in [0.15, 0.2) is 0 Å². The van der Waals surface area contributed by atoms with E-state index in [-0.39, 0.29) is 17.6 Å². The number of hydrogen-bond acceptors (Lipinski definition) is 3. The van der Waals surface area contributed by atoms with Crippen LogP contribution in [0.3, 0.4) is 0 Å². The zero-order valence-corrected chi connectivity index (χ0v) is 23.4. The molecule has 4 rings (SSSR count). The number of urea groups is 1. The molecule has 3 aliphatic carbocycles. The van der Waals surface area contributed by atoms with Crippen molar-refractivity contribution in [3.63, 3.8) is 0 Å². The second-order valence-electron chi connectivity index (χ2n) is 12.6. The lowest BCUT2D eigenvalue weighted by Crippen LogP contribution is -2.47. The third-order valence-corrected chi connectivity index (χ3v) is 10.2. The second-order valence-corrected chi connectivity index (χ2v) is 12.6. The van der Waals surface area contributed by atoms with Crippen molar-refractivity contribution in [2.45, 2.75) is 122 Å². The Kier molecular flexibility index (Phi) is 10.2. The Bertz CT molecular complexity index is 874. The Morgan fingerprint density at radius 3 is 2.43 bits per heavy atom. The van der Waals surface area contributed by atoms with E-state index in [1.54, 1.807) is 0 Å². The van der Waals surface area contributed by atoms with Crippen LogP contribution in [-0.4, -0.2) is 35.4 Å². The molecule has 6 atom stereocenters. The number of amides is 2. The maximum atomic E-state index is 11.7. The van der Waals surface area contributed by atoms with Gasteiger partial charge in [-0.15, -0.1) is 0 Å². The van der Waals surface area contributed by atoms with Gasteiger partial charge in [-0.1, -0.05) is 64.9 Å². The number of aliphatic hydroxyl groups is 1. The quantitative estimate of drug-likeness (QED) is 0.214. The number of rotatable bonds is 13. The Balaban J connectivity index is 1.19. The van der Waals surface area contributed by atoms with E-state index < -0.39 is 0 Å². The van der Waals surface area contributed by atoms with Crippen LogP contribution in [-0.2, 0) is 6.42 Å². The highest BCUT2D eigenvalue weighted by Crippen LogP contribution is 2.62. The van der Waals surface area contributed by atoms with Gasteiger partial charge in [0.2, 0.25) is 0 Å². The van der Waals surface area contributed by atoms with Gasteiger partial charge in [-0.05, 0) is 104 Å². The number of carbonyl (C=O) groups excluding carboxylic acids is 1. The summed E-state index contributed by atoms with van der Waals surface area (Å²) in [6.07, 6.45) is 17.5. The highest BCUT2D eigenvalue weighted by atomic mass is 16.3. The molecule has 0 aliphatic heterocycles. The van der Waals surface area contributed by atoms with Gasteiger partial charge in [-0.25, -0.2) is 4.79 Å². The molecule has 1 aromatic rings. The summed E-state index contributed by atoms with van der Waals surface area (Å²) in [5, 5.41) is 26.9. The van der Waals surface area contributed by atoms with Gasteiger partial charge in [0, 0.05) is 13.1 Å². The number of aromatic hydroxyl groups is 1. The van der Waals surface area contributed by atoms with Crippen LogP contribution in [0.25, 0.3) is 0 Å². The zero-order chi connectivity index (χ0) is 26.3. The summed E-state index contributed by atoms with van der Waals surface area (Å²) in [7, 11) is 0. The van der Waals surface area contributed by atoms with E-state index in [9.17, 15) is 15.0 Å². The summed E-state index contributed by atoms with van der Waals surface area (Å²) in [5.41, 5.74) is 2.95. The molecule has 1 aromatic carbocycles. The number of hydrogen-bond donors (Lipinski definition) is 4. The van der Waals surface area contributed by atoms with Crippen LogP contribution < -0.4 is 10.6 Å². The normalized spacial score (nSPS) is 30.3. The third kappa shape index (κ3) is 6.82. The van der Waals surface area contributed by atoms with Crippen LogP contribution in [0, 0.1) is 23.2 Å². The molecule has 0 saturated heterocycles. The molecular weight excluding hydrogens is 460 g/mol. The van der Waals surface area contributed by atoms with Crippen LogP contribution in [0.5, 0.6) is 5.75 Å². The molecular formula is C32H52N2O3. The van der Waals surface area contributed by atoms with Gasteiger partial charge in [0.05, 0.1) is 6.10 Å². The third-order valence-electron chi connectivity index (χ3n) is 10.2. The van der Waals surface area contributed by atoms with Crippen molar-refractivity contribution in [2.75, 3.05) is 13.1 Å². The molecule has 4 N–H and O–H groups in total. The summed E-state index contributed by atoms with van der Waals surface area (Å²) >= 11 is 0. The van der Waals surface area contributed by atoms with E-state index >= 15 is 0 Å². The highest BCUT2D eigenvalue weighted by molar-refractivity contribution is 5.73. The Morgan fingerprint density at radius 1 is 0.973 bits per heavy atom. The summed E-state index contributed by atoms with van der Waals surface area (Å²) in [4.78, 5) is 11.7. The molecule has 2 amide bonds. The molecule has 5 nitrogen and oxygen atoms in total. The number of phenols is 1. The average Bonchev–Trinajstić information content (AvgIpc) is 3.19. The molecule has 2 saturated carbocycles. The van der Waals surface area contributed by atoms with Crippen LogP contribution in [0.15, 0.2) is 18.2 Å². The fourth-order valence-corrected chi connectivity index (χ4v) is 8.09. The number of unbranched alkanes of at least 4 members (excludes halogenated alkanes) is 7. The first-order valence-corrected chi connectivity index (χ1v) is 15.5. The lowest BCUT2D eigenvalue weighted by molar-refractivity contribution is -0.0396. The summed E-state index contributed by atoms with van der Waals surface area (Å²) in [6, 6.07) is 6.08. The standard InChI is InChI=1S/C32H52N2O3/c1-3-4-19-33-31(37)34-20-11-9-7-5-6-8-10-12-23-21-24-22-25(35)13-14-26(24)27-17-18-32(2)28(30(23)27)15-16-29(32)36/h13-14,22-23,27-30,35-36H,3-12,15-21H2,1-2H3,(H2,33,34,37)/t23-,27?,28?,29+,30?,32+/m1/s1. The minimum Gasteiger partial charge on any atom is -0.508 e. The SMILES string of the molecule is CCCCNC(=O)NCCCCCCCCC[C@@H]1Cc2cc(O)ccc2C2CC[C@@]3(C)C(CC[C@@H]3O)C21. The molecule has 3 aliphatic rings. The van der Waals surface area contributed by atoms with Crippen molar-refractivity contribution in [1.29, 1.82) is 0 Å². The molecule has 0 bridgehead atoms. The number of benzene rings is 1. The number of carbonyl (C=O) groups is 1. The number of aliphatic hydroxyl groups excluding tert-OH is 1. The maximum absolute atomic E-state index is 11.7. The Labute approximate surface area is 225 Å². The molecule has 5 heteroatoms. The van der Waals surface area contributed by atoms with Crippen molar-refractivity contribution in [1.82, 2.24) is 10.6 Å². The minimum atomic E-state index is -0.133. The lowest BCUT2D eigenvalue weighted by Gasteiger charge is -2.53. The van der Waals surface area contributed by atoms with Crippen LogP contribution in [0.4, 0.5) is 4.79 Å². The van der Waals surface area contributed by atoms with Crippen molar-refractivity contribution < 1.29 is 15.0 Å². The van der Waals surface area contributed by atoms with Crippen LogP contribution in [0.2, 0.25) is 0 Å². The average molecular weight is 513 g/mol. The zero-order valence-electron chi connectivity index (χ0n) is 23.4. The molecule has 0 aromatic heterocycles. The van der Waals surface area contributed by atoms with E-state index in [2.05, 4.69) is 30.5 Å². The molecule has 37 heavy (non-hydrogen) atoms. The van der Waals surface area contributed by atoms with Gasteiger partial charge >= 0.3 is 6.03 Å². The van der Waals surface area contributed by atoms with E-state index in [0.717, 1.165) is 51.6 Å². The Hall–Kier alpha value is -1.75. The van der Waals surface area contributed by atoms with E-state index in [4.69, 9.17) is 0 Å². The fourth-order valence-electron chi connectivity index (χ4n) is 8.09. The number of fused-ring (bicyclic) bond motifs is 5. The van der Waals surface area contributed by atoms with E-state index in [1.807, 2.05) is 12.1 Å². The van der Waals surface area contributed by atoms with Crippen LogP contribution in [0.1, 0.15) is 121 Å². The van der Waals surface area contributed by atoms with Gasteiger partial charge in [0.25, 0.3) is 0 Å². The van der Waals surface area contributed by atoms with Crippen molar-refractivity contribution in [3.8, 4) is 5.75 Å². The van der Waals surface area contributed by atoms with Crippen molar-refractivity contribution in [2.24, 2.45) is 23.2 Å². The van der Waals surface area contributed by atoms with E-state index in [0.29, 0.717) is 29.4 Å². The monoisotopic (exact) mass is 512 g/mol. The van der Waals surface area contributed by atoms with Gasteiger partial charge < -0.3 is 20.8 Å². The minimum absolute atomic E-state index is 0.0263. The lowest BCUT2D eigenvalue weighted by atomic mass is 9.52. The second kappa shape index (κ2) is 13.4. The molecule has 0 radical (unpaired) electrons. The first-order chi connectivity index (χ1) is 17.9. The van der Waals surface area contributed by atoms with Crippen LogP contribution >= 0.6 is 0 Å². The molecule has 2 fully saturated rings. The predicted octanol–water partition coefficient (Wildman–Crippen LogP) is 7.06. The highest BCUT2D eigenvalue weighted by Gasteiger charge is 2.56. The summed E-state index contributed by atoms with van der Waals surface area (Å²) < 4.78 is 0. The molecule has 0 spiro atoms. The smallest absolute Gasteiger partial charge is 0.314 e. The van der Waals surface area contributed by atoms with Gasteiger partial charge in [0.1, 0.15) is 5.75 Å². The topological polar surface area (TPSA) is 81.6 Å².